The van der Waals surface area contributed by atoms with Crippen molar-refractivity contribution in [2.75, 3.05) is 43.0 Å². The van der Waals surface area contributed by atoms with Gasteiger partial charge in [-0.2, -0.15) is 14.4 Å². The Morgan fingerprint density at radius 1 is 1.16 bits per heavy atom. The summed E-state index contributed by atoms with van der Waals surface area (Å²) in [5, 5.41) is 12.5. The van der Waals surface area contributed by atoms with Crippen molar-refractivity contribution in [2.45, 2.75) is 57.7 Å². The molecule has 0 bridgehead atoms. The SMILES string of the molecule is CC(Nc1nc(F)cc(N2C(=O)OCC2(C)C)n1)c1ccc(C(CC2CC2)N2CCN(C(=O)O)CC2)cc1. The fourth-order valence-electron chi connectivity index (χ4n) is 5.28. The molecule has 3 heterocycles. The molecule has 2 aliphatic heterocycles. The zero-order chi connectivity index (χ0) is 27.0. The van der Waals surface area contributed by atoms with E-state index in [1.165, 1.54) is 28.2 Å². The van der Waals surface area contributed by atoms with Crippen molar-refractivity contribution >= 4 is 24.0 Å². The van der Waals surface area contributed by atoms with Gasteiger partial charge in [0.2, 0.25) is 11.9 Å². The third-order valence-corrected chi connectivity index (χ3v) is 7.69. The fourth-order valence-corrected chi connectivity index (χ4v) is 5.28. The Bertz CT molecular complexity index is 1180. The van der Waals surface area contributed by atoms with Crippen LogP contribution in [0.1, 0.15) is 63.2 Å². The van der Waals surface area contributed by atoms with Crippen LogP contribution in [0.2, 0.25) is 0 Å². The maximum Gasteiger partial charge on any atom is 0.416 e. The summed E-state index contributed by atoms with van der Waals surface area (Å²) in [6, 6.07) is 9.56. The lowest BCUT2D eigenvalue weighted by Crippen LogP contribution is -2.49. The molecule has 2 atom stereocenters. The topological polar surface area (TPSA) is 111 Å². The maximum absolute atomic E-state index is 14.4. The summed E-state index contributed by atoms with van der Waals surface area (Å²) in [7, 11) is 0. The van der Waals surface area contributed by atoms with Crippen molar-refractivity contribution in [3.8, 4) is 0 Å². The number of cyclic esters (lactones) is 1. The van der Waals surface area contributed by atoms with Crippen LogP contribution in [0.25, 0.3) is 0 Å². The van der Waals surface area contributed by atoms with Crippen molar-refractivity contribution in [3.63, 3.8) is 0 Å². The molecule has 5 rings (SSSR count). The number of anilines is 2. The molecule has 10 nitrogen and oxygen atoms in total. The zero-order valence-electron chi connectivity index (χ0n) is 22.1. The van der Waals surface area contributed by atoms with Crippen LogP contribution >= 0.6 is 0 Å². The van der Waals surface area contributed by atoms with Crippen LogP contribution in [0.5, 0.6) is 0 Å². The van der Waals surface area contributed by atoms with E-state index < -0.39 is 23.7 Å². The third kappa shape index (κ3) is 5.67. The average molecular weight is 527 g/mol. The predicted molar refractivity (Wildman–Crippen MR) is 140 cm³/mol. The second kappa shape index (κ2) is 10.4. The minimum Gasteiger partial charge on any atom is -0.465 e. The Labute approximate surface area is 221 Å². The number of ether oxygens (including phenoxy) is 1. The molecular weight excluding hydrogens is 491 g/mol. The predicted octanol–water partition coefficient (Wildman–Crippen LogP) is 4.66. The van der Waals surface area contributed by atoms with Gasteiger partial charge in [0.05, 0.1) is 11.6 Å². The van der Waals surface area contributed by atoms with E-state index in [0.29, 0.717) is 13.1 Å². The molecule has 1 saturated carbocycles. The number of rotatable bonds is 8. The van der Waals surface area contributed by atoms with Crippen LogP contribution in [0, 0.1) is 11.9 Å². The van der Waals surface area contributed by atoms with Gasteiger partial charge in [0.15, 0.2) is 0 Å². The number of aromatic nitrogens is 2. The van der Waals surface area contributed by atoms with Gasteiger partial charge in [0, 0.05) is 38.3 Å². The van der Waals surface area contributed by atoms with Crippen LogP contribution in [-0.2, 0) is 4.74 Å². The summed E-state index contributed by atoms with van der Waals surface area (Å²) >= 11 is 0. The van der Waals surface area contributed by atoms with Crippen LogP contribution in [0.4, 0.5) is 25.7 Å². The first-order valence-electron chi connectivity index (χ1n) is 13.2. The Morgan fingerprint density at radius 3 is 2.39 bits per heavy atom. The quantitative estimate of drug-likeness (QED) is 0.478. The van der Waals surface area contributed by atoms with Crippen molar-refractivity contribution in [2.24, 2.45) is 5.92 Å². The summed E-state index contributed by atoms with van der Waals surface area (Å²) in [6.07, 6.45) is 2.18. The number of carbonyl (C=O) groups excluding carboxylic acids is 1. The normalized spacial score (nSPS) is 21.2. The van der Waals surface area contributed by atoms with E-state index in [9.17, 15) is 19.1 Å². The molecule has 0 spiro atoms. The largest absolute Gasteiger partial charge is 0.465 e. The first kappa shape index (κ1) is 26.1. The Balaban J connectivity index is 1.29. The van der Waals surface area contributed by atoms with Gasteiger partial charge in [-0.3, -0.25) is 9.80 Å². The highest BCUT2D eigenvalue weighted by atomic mass is 19.1. The first-order valence-corrected chi connectivity index (χ1v) is 13.2. The molecule has 38 heavy (non-hydrogen) atoms. The van der Waals surface area contributed by atoms with E-state index in [0.717, 1.165) is 37.1 Å². The van der Waals surface area contributed by atoms with Gasteiger partial charge in [-0.25, -0.2) is 9.59 Å². The zero-order valence-corrected chi connectivity index (χ0v) is 22.1. The highest BCUT2D eigenvalue weighted by molar-refractivity contribution is 5.90. The summed E-state index contributed by atoms with van der Waals surface area (Å²) in [5.41, 5.74) is 1.56. The van der Waals surface area contributed by atoms with Crippen molar-refractivity contribution in [1.29, 1.82) is 0 Å². The van der Waals surface area contributed by atoms with Crippen LogP contribution in [-0.4, -0.2) is 75.4 Å². The number of piperazine rings is 1. The number of nitrogens with one attached hydrogen (secondary N) is 1. The van der Waals surface area contributed by atoms with E-state index in [1.807, 2.05) is 20.8 Å². The van der Waals surface area contributed by atoms with E-state index in [-0.39, 0.29) is 30.5 Å². The summed E-state index contributed by atoms with van der Waals surface area (Å²) in [4.78, 5) is 37.1. The Kier molecular flexibility index (Phi) is 7.13. The molecule has 1 aliphatic carbocycles. The lowest BCUT2D eigenvalue weighted by atomic mass is 9.96. The first-order chi connectivity index (χ1) is 18.1. The molecule has 2 unspecified atom stereocenters. The molecule has 2 saturated heterocycles. The molecular formula is C27H35FN6O4. The molecule has 1 aromatic carbocycles. The van der Waals surface area contributed by atoms with Crippen molar-refractivity contribution < 1.29 is 23.8 Å². The average Bonchev–Trinajstić information content (AvgIpc) is 3.65. The lowest BCUT2D eigenvalue weighted by Gasteiger charge is -2.38. The van der Waals surface area contributed by atoms with Crippen molar-refractivity contribution in [3.05, 3.63) is 47.4 Å². The monoisotopic (exact) mass is 526 g/mol. The Morgan fingerprint density at radius 2 is 1.82 bits per heavy atom. The number of halogens is 1. The second-order valence-electron chi connectivity index (χ2n) is 11.1. The molecule has 3 aliphatic rings. The molecule has 204 valence electrons. The summed E-state index contributed by atoms with van der Waals surface area (Å²) in [6.45, 7) is 8.31. The molecule has 2 N–H and O–H groups in total. The van der Waals surface area contributed by atoms with E-state index in [1.54, 1.807) is 0 Å². The van der Waals surface area contributed by atoms with E-state index >= 15 is 0 Å². The molecule has 0 radical (unpaired) electrons. The molecule has 1 aromatic heterocycles. The van der Waals surface area contributed by atoms with E-state index in [4.69, 9.17) is 4.74 Å². The minimum absolute atomic E-state index is 0.0926. The summed E-state index contributed by atoms with van der Waals surface area (Å²) in [5.74, 6) is 0.243. The van der Waals surface area contributed by atoms with Crippen molar-refractivity contribution in [1.82, 2.24) is 19.8 Å². The van der Waals surface area contributed by atoms with Crippen LogP contribution < -0.4 is 10.2 Å². The van der Waals surface area contributed by atoms with Gasteiger partial charge < -0.3 is 20.1 Å². The molecule has 3 fully saturated rings. The number of hydrogen-bond acceptors (Lipinski definition) is 7. The number of nitrogens with zero attached hydrogens (tertiary/aromatic N) is 5. The molecule has 11 heteroatoms. The number of carbonyl (C=O) groups is 2. The fraction of sp³-hybridized carbons (Fsp3) is 0.556. The highest BCUT2D eigenvalue weighted by Crippen LogP contribution is 2.40. The van der Waals surface area contributed by atoms with Gasteiger partial charge in [-0.05, 0) is 44.2 Å². The van der Waals surface area contributed by atoms with Gasteiger partial charge in [-0.1, -0.05) is 37.1 Å². The molecule has 2 amide bonds. The third-order valence-electron chi connectivity index (χ3n) is 7.69. The lowest BCUT2D eigenvalue weighted by molar-refractivity contribution is 0.0805. The number of carboxylic acid groups (broad SMARTS) is 1. The smallest absolute Gasteiger partial charge is 0.416 e. The van der Waals surface area contributed by atoms with Gasteiger partial charge in [0.25, 0.3) is 0 Å². The second-order valence-corrected chi connectivity index (χ2v) is 11.1. The number of amides is 2. The Hall–Kier alpha value is -3.47. The molecule has 2 aromatic rings. The van der Waals surface area contributed by atoms with Gasteiger partial charge >= 0.3 is 12.2 Å². The van der Waals surface area contributed by atoms with Gasteiger partial charge in [-0.15, -0.1) is 0 Å². The minimum atomic E-state index is -0.854. The van der Waals surface area contributed by atoms with Crippen LogP contribution in [0.3, 0.4) is 0 Å². The van der Waals surface area contributed by atoms with Crippen LogP contribution in [0.15, 0.2) is 30.3 Å². The van der Waals surface area contributed by atoms with E-state index in [2.05, 4.69) is 44.5 Å². The summed E-state index contributed by atoms with van der Waals surface area (Å²) < 4.78 is 19.5. The maximum atomic E-state index is 14.4. The standard InChI is InChI=1S/C27H35FN6O4/c1-17(29-24-30-22(28)15-23(31-24)34-26(37)38-16-27(34,2)3)19-6-8-20(9-7-19)21(14-18-4-5-18)32-10-12-33(13-11-32)25(35)36/h6-9,15,17-18,21H,4-5,10-14,16H2,1-3H3,(H,35,36)(H,29,30,31). The number of benzene rings is 1. The highest BCUT2D eigenvalue weighted by Gasteiger charge is 2.42. The van der Waals surface area contributed by atoms with Gasteiger partial charge in [0.1, 0.15) is 12.4 Å². The number of hydrogen-bond donors (Lipinski definition) is 2.